The van der Waals surface area contributed by atoms with Gasteiger partial charge in [-0.2, -0.15) is 18.3 Å². The van der Waals surface area contributed by atoms with E-state index in [1.54, 1.807) is 36.1 Å². The number of ether oxygens (including phenoxy) is 1. The lowest BCUT2D eigenvalue weighted by atomic mass is 10.00. The van der Waals surface area contributed by atoms with Gasteiger partial charge >= 0.3 is 6.18 Å². The van der Waals surface area contributed by atoms with Crippen LogP contribution < -0.4 is 5.32 Å². The van der Waals surface area contributed by atoms with E-state index in [1.807, 2.05) is 4.90 Å². The Hall–Kier alpha value is -2.72. The Balaban J connectivity index is 1.16. The number of alkyl halides is 3. The van der Waals surface area contributed by atoms with Crippen molar-refractivity contribution in [2.45, 2.75) is 37.9 Å². The van der Waals surface area contributed by atoms with Crippen LogP contribution in [0.2, 0.25) is 0 Å². The van der Waals surface area contributed by atoms with Crippen molar-refractivity contribution in [2.24, 2.45) is 24.8 Å². The Kier molecular flexibility index (Phi) is 5.52. The van der Waals surface area contributed by atoms with Gasteiger partial charge in [0.15, 0.2) is 0 Å². The van der Waals surface area contributed by atoms with Crippen LogP contribution in [0.15, 0.2) is 30.5 Å². The van der Waals surface area contributed by atoms with Crippen LogP contribution in [0.25, 0.3) is 22.2 Å². The Morgan fingerprint density at radius 1 is 1.11 bits per heavy atom. The third kappa shape index (κ3) is 4.80. The number of rotatable bonds is 5. The monoisotopic (exact) mass is 502 g/mol. The largest absolute Gasteiger partial charge is 0.418 e. The molecule has 0 amide bonds. The second-order valence-corrected chi connectivity index (χ2v) is 10.3. The van der Waals surface area contributed by atoms with Crippen molar-refractivity contribution >= 4 is 16.7 Å². The van der Waals surface area contributed by atoms with Crippen molar-refractivity contribution in [2.75, 3.05) is 38.1 Å². The number of halogens is 3. The highest BCUT2D eigenvalue weighted by molar-refractivity contribution is 5.84. The molecule has 2 aromatic heterocycles. The summed E-state index contributed by atoms with van der Waals surface area (Å²) in [6, 6.07) is 5.96. The molecule has 2 aliphatic heterocycles. The van der Waals surface area contributed by atoms with Crippen LogP contribution in [0.4, 0.5) is 19.0 Å². The number of fused-ring (bicyclic) bond motifs is 2. The van der Waals surface area contributed by atoms with Gasteiger partial charge in [0, 0.05) is 65.8 Å². The van der Waals surface area contributed by atoms with E-state index in [4.69, 9.17) is 7.48 Å². The SMILES string of the molecule is [2H]C([2H])(C1CCOCC1)N1CC2CC(Nc3cc(C(F)(F)F)c(-c4ccc5nn(C)cc5c4)nn3)CC2C1. The van der Waals surface area contributed by atoms with Gasteiger partial charge in [-0.25, -0.2) is 0 Å². The summed E-state index contributed by atoms with van der Waals surface area (Å²) in [6.07, 6.45) is 0.169. The molecule has 7 nitrogen and oxygen atoms in total. The number of anilines is 1. The van der Waals surface area contributed by atoms with E-state index in [0.29, 0.717) is 49.2 Å². The summed E-state index contributed by atoms with van der Waals surface area (Å²) >= 11 is 0. The van der Waals surface area contributed by atoms with Crippen LogP contribution in [0.3, 0.4) is 0 Å². The molecule has 1 N–H and O–H groups in total. The Morgan fingerprint density at radius 3 is 2.58 bits per heavy atom. The van der Waals surface area contributed by atoms with E-state index in [2.05, 4.69) is 20.6 Å². The molecule has 36 heavy (non-hydrogen) atoms. The van der Waals surface area contributed by atoms with Crippen molar-refractivity contribution in [3.8, 4) is 11.3 Å². The first-order valence-electron chi connectivity index (χ1n) is 13.6. The van der Waals surface area contributed by atoms with Crippen LogP contribution in [-0.4, -0.2) is 63.7 Å². The first-order chi connectivity index (χ1) is 18.1. The fourth-order valence-corrected chi connectivity index (χ4v) is 6.01. The zero-order chi connectivity index (χ0) is 26.7. The highest BCUT2D eigenvalue weighted by Gasteiger charge is 2.42. The average Bonchev–Trinajstić information content (AvgIpc) is 3.56. The lowest BCUT2D eigenvalue weighted by molar-refractivity contribution is -0.137. The zero-order valence-electron chi connectivity index (χ0n) is 22.1. The fraction of sp³-hybridized carbons (Fsp3) is 0.577. The molecular weight excluding hydrogens is 469 g/mol. The van der Waals surface area contributed by atoms with Gasteiger partial charge in [-0.05, 0) is 61.6 Å². The zero-order valence-corrected chi connectivity index (χ0v) is 20.1. The van der Waals surface area contributed by atoms with E-state index in [9.17, 15) is 13.2 Å². The molecule has 1 aliphatic carbocycles. The highest BCUT2D eigenvalue weighted by atomic mass is 19.4. The third-order valence-corrected chi connectivity index (χ3v) is 7.68. The molecule has 192 valence electrons. The minimum atomic E-state index is -4.59. The molecule has 6 rings (SSSR count). The molecule has 3 aromatic rings. The van der Waals surface area contributed by atoms with Crippen LogP contribution in [-0.2, 0) is 18.0 Å². The molecule has 1 saturated carbocycles. The molecule has 2 unspecified atom stereocenters. The van der Waals surface area contributed by atoms with Gasteiger partial charge < -0.3 is 15.0 Å². The van der Waals surface area contributed by atoms with Gasteiger partial charge in [0.2, 0.25) is 0 Å². The van der Waals surface area contributed by atoms with E-state index in [0.717, 1.165) is 37.1 Å². The second kappa shape index (κ2) is 9.30. The van der Waals surface area contributed by atoms with Gasteiger partial charge in [-0.3, -0.25) is 4.68 Å². The van der Waals surface area contributed by atoms with Crippen molar-refractivity contribution < 1.29 is 20.6 Å². The number of hydrogen-bond acceptors (Lipinski definition) is 6. The molecule has 0 bridgehead atoms. The molecule has 4 heterocycles. The predicted molar refractivity (Wildman–Crippen MR) is 130 cm³/mol. The number of likely N-dealkylation sites (tertiary alicyclic amines) is 1. The van der Waals surface area contributed by atoms with E-state index >= 15 is 0 Å². The fourth-order valence-electron chi connectivity index (χ4n) is 6.01. The second-order valence-electron chi connectivity index (χ2n) is 10.3. The highest BCUT2D eigenvalue weighted by Crippen LogP contribution is 2.41. The average molecular weight is 503 g/mol. The minimum absolute atomic E-state index is 0.0194. The molecule has 0 radical (unpaired) electrons. The number of nitrogens with zero attached hydrogens (tertiary/aromatic N) is 5. The minimum Gasteiger partial charge on any atom is -0.381 e. The van der Waals surface area contributed by atoms with Crippen molar-refractivity contribution in [1.29, 1.82) is 0 Å². The predicted octanol–water partition coefficient (Wildman–Crippen LogP) is 4.60. The molecule has 2 atom stereocenters. The van der Waals surface area contributed by atoms with E-state index in [-0.39, 0.29) is 23.5 Å². The molecule has 3 aliphatic rings. The summed E-state index contributed by atoms with van der Waals surface area (Å²) in [5.74, 6) is 0.700. The lowest BCUT2D eigenvalue weighted by Gasteiger charge is -2.27. The summed E-state index contributed by atoms with van der Waals surface area (Å²) in [7, 11) is 1.76. The molecule has 3 fully saturated rings. The van der Waals surface area contributed by atoms with Gasteiger partial charge in [-0.15, -0.1) is 10.2 Å². The lowest BCUT2D eigenvalue weighted by Crippen LogP contribution is -2.32. The maximum atomic E-state index is 14.1. The Bertz CT molecular complexity index is 1310. The van der Waals surface area contributed by atoms with Gasteiger partial charge in [-0.1, -0.05) is 6.07 Å². The van der Waals surface area contributed by atoms with Gasteiger partial charge in [0.25, 0.3) is 0 Å². The Labute approximate surface area is 210 Å². The third-order valence-electron chi connectivity index (χ3n) is 7.68. The number of aryl methyl sites for hydroxylation is 1. The summed E-state index contributed by atoms with van der Waals surface area (Å²) < 4.78 is 66.7. The number of nitrogens with one attached hydrogen (secondary N) is 1. The number of aromatic nitrogens is 4. The van der Waals surface area contributed by atoms with Crippen LogP contribution in [0.1, 0.15) is 34.0 Å². The van der Waals surface area contributed by atoms with E-state index < -0.39 is 18.2 Å². The molecule has 10 heteroatoms. The summed E-state index contributed by atoms with van der Waals surface area (Å²) in [4.78, 5) is 1.98. The van der Waals surface area contributed by atoms with Gasteiger partial charge in [0.05, 0.1) is 11.1 Å². The van der Waals surface area contributed by atoms with Crippen LogP contribution in [0, 0.1) is 17.8 Å². The summed E-state index contributed by atoms with van der Waals surface area (Å²) in [5, 5.41) is 16.3. The molecular formula is C26H31F3N6O. The number of hydrogen-bond donors (Lipinski definition) is 1. The smallest absolute Gasteiger partial charge is 0.381 e. The maximum Gasteiger partial charge on any atom is 0.418 e. The van der Waals surface area contributed by atoms with E-state index in [1.165, 1.54) is 0 Å². The maximum absolute atomic E-state index is 14.1. The Morgan fingerprint density at radius 2 is 1.86 bits per heavy atom. The molecule has 1 aromatic carbocycles. The molecule has 2 saturated heterocycles. The molecule has 0 spiro atoms. The topological polar surface area (TPSA) is 68.1 Å². The van der Waals surface area contributed by atoms with Gasteiger partial charge in [0.1, 0.15) is 11.5 Å². The first-order valence-corrected chi connectivity index (χ1v) is 12.6. The van der Waals surface area contributed by atoms with Crippen molar-refractivity contribution in [3.63, 3.8) is 0 Å². The first kappa shape index (κ1) is 21.4. The van der Waals surface area contributed by atoms with Crippen LogP contribution in [0.5, 0.6) is 0 Å². The normalized spacial score (nSPS) is 26.7. The number of benzene rings is 1. The quantitative estimate of drug-likeness (QED) is 0.550. The van der Waals surface area contributed by atoms with Crippen molar-refractivity contribution in [3.05, 3.63) is 36.0 Å². The van der Waals surface area contributed by atoms with Crippen molar-refractivity contribution in [1.82, 2.24) is 24.9 Å². The summed E-state index contributed by atoms with van der Waals surface area (Å²) in [6.45, 7) is 1.19. The van der Waals surface area contributed by atoms with Crippen LogP contribution >= 0.6 is 0 Å². The standard InChI is InChI=1S/C26H31F3N6O/c1-34-13-20-8-17(2-3-23(20)33-34)25-22(26(27,28)29)11-24(31-32-25)30-21-9-18-14-35(15-19(18)10-21)12-16-4-6-36-7-5-16/h2-3,8,11,13,16,18-19,21H,4-7,9-10,12,14-15H2,1H3,(H,30,31)/i12D2. The summed E-state index contributed by atoms with van der Waals surface area (Å²) in [5.41, 5.74) is 0.00347.